The van der Waals surface area contributed by atoms with Crippen LogP contribution in [0.25, 0.3) is 0 Å². The lowest BCUT2D eigenvalue weighted by molar-refractivity contribution is -0.128. The van der Waals surface area contributed by atoms with Gasteiger partial charge in [0.15, 0.2) is 0 Å². The number of hydrogen-bond acceptors (Lipinski definition) is 9. The molecule has 0 aromatic heterocycles. The second-order valence-corrected chi connectivity index (χ2v) is 11.1. The van der Waals surface area contributed by atoms with E-state index in [0.717, 1.165) is 64.8 Å². The zero-order valence-electron chi connectivity index (χ0n) is 20.0. The van der Waals surface area contributed by atoms with Crippen molar-refractivity contribution in [1.82, 2.24) is 36.2 Å². The first-order valence-corrected chi connectivity index (χ1v) is 13.3. The zero-order chi connectivity index (χ0) is 23.2. The third kappa shape index (κ3) is 4.61. The highest BCUT2D eigenvalue weighted by atomic mass is 19.1. The number of amides is 1. The van der Waals surface area contributed by atoms with Crippen LogP contribution in [-0.2, 0) is 9.53 Å². The molecule has 1 aliphatic carbocycles. The second-order valence-electron chi connectivity index (χ2n) is 11.1. The number of piperazine rings is 1. The quantitative estimate of drug-likeness (QED) is 0.301. The number of fused-ring (bicyclic) bond motifs is 1. The van der Waals surface area contributed by atoms with Crippen LogP contribution in [0.4, 0.5) is 4.39 Å². The van der Waals surface area contributed by atoms with Crippen LogP contribution < -0.4 is 27.1 Å². The van der Waals surface area contributed by atoms with Crippen molar-refractivity contribution in [3.8, 4) is 0 Å². The number of hydrazine groups is 1. The number of nitrogens with one attached hydrogen (secondary N) is 4. The fourth-order valence-electron chi connectivity index (χ4n) is 7.05. The van der Waals surface area contributed by atoms with Crippen LogP contribution in [0.1, 0.15) is 19.3 Å². The van der Waals surface area contributed by atoms with Crippen molar-refractivity contribution in [3.05, 3.63) is 0 Å². The first kappa shape index (κ1) is 23.5. The number of nitrogens with zero attached hydrogens (tertiary/aromatic N) is 3. The Morgan fingerprint density at radius 3 is 2.59 bits per heavy atom. The second kappa shape index (κ2) is 9.85. The number of ether oxygens (including phenoxy) is 1. The van der Waals surface area contributed by atoms with Gasteiger partial charge < -0.3 is 21.1 Å². The topological polar surface area (TPSA) is 110 Å². The summed E-state index contributed by atoms with van der Waals surface area (Å²) in [5, 5.41) is 12.0. The minimum Gasteiger partial charge on any atom is -0.380 e. The number of alkyl halides is 1. The van der Waals surface area contributed by atoms with E-state index in [1.54, 1.807) is 5.01 Å². The van der Waals surface area contributed by atoms with Crippen molar-refractivity contribution in [2.45, 2.75) is 55.9 Å². The maximum Gasteiger partial charge on any atom is 0.229 e. The van der Waals surface area contributed by atoms with E-state index in [0.29, 0.717) is 18.0 Å². The Labute approximate surface area is 201 Å². The van der Waals surface area contributed by atoms with Gasteiger partial charge in [0.05, 0.1) is 30.9 Å². The summed E-state index contributed by atoms with van der Waals surface area (Å²) in [6, 6.07) is 0.957. The number of halogens is 1. The lowest BCUT2D eigenvalue weighted by Crippen LogP contribution is -2.68. The van der Waals surface area contributed by atoms with Crippen molar-refractivity contribution in [2.24, 2.45) is 23.5 Å². The lowest BCUT2D eigenvalue weighted by Gasteiger charge is -2.49. The number of rotatable bonds is 5. The molecule has 6 fully saturated rings. The Morgan fingerprint density at radius 1 is 1.06 bits per heavy atom. The van der Waals surface area contributed by atoms with Gasteiger partial charge in [0, 0.05) is 64.5 Å². The standard InChI is InChI=1S/C23H41FN8O2/c24-15-9-27-22-19(21(25)29-32(22)12-15)23(33)28-18-11-26-10-17(14-1-2-14)20(18)31-6-4-30(5-7-31)16-3-8-34-13-16/h14-22,26-27,29H,1-13,25H2,(H,28,33)/t15?,16-,17?,18?,19?,20?,21?,22?/m1/s1. The molecule has 10 nitrogen and oxygen atoms in total. The van der Waals surface area contributed by atoms with E-state index in [1.807, 2.05) is 0 Å². The van der Waals surface area contributed by atoms with Crippen LogP contribution in [0.3, 0.4) is 0 Å². The maximum absolute atomic E-state index is 13.8. The molecule has 0 bridgehead atoms. The number of nitrogens with two attached hydrogens (primary N) is 1. The maximum atomic E-state index is 13.8. The lowest BCUT2D eigenvalue weighted by atomic mass is 9.83. The summed E-state index contributed by atoms with van der Waals surface area (Å²) >= 11 is 0. The monoisotopic (exact) mass is 480 g/mol. The Bertz CT molecular complexity index is 730. The molecule has 5 aliphatic heterocycles. The largest absolute Gasteiger partial charge is 0.380 e. The molecule has 8 atom stereocenters. The Balaban J connectivity index is 1.13. The molecule has 6 N–H and O–H groups in total. The molecule has 5 saturated heterocycles. The van der Waals surface area contributed by atoms with Crippen molar-refractivity contribution < 1.29 is 13.9 Å². The molecule has 0 radical (unpaired) electrons. The van der Waals surface area contributed by atoms with Gasteiger partial charge in [-0.25, -0.2) is 14.8 Å². The average molecular weight is 481 g/mol. The number of hydrogen-bond donors (Lipinski definition) is 5. The molecule has 6 rings (SSSR count). The molecule has 34 heavy (non-hydrogen) atoms. The van der Waals surface area contributed by atoms with E-state index < -0.39 is 18.3 Å². The fourth-order valence-corrected chi connectivity index (χ4v) is 7.05. The van der Waals surface area contributed by atoms with E-state index in [-0.39, 0.29) is 31.2 Å². The highest BCUT2D eigenvalue weighted by molar-refractivity contribution is 5.81. The summed E-state index contributed by atoms with van der Waals surface area (Å²) in [6.45, 7) is 8.27. The van der Waals surface area contributed by atoms with Crippen molar-refractivity contribution in [1.29, 1.82) is 0 Å². The van der Waals surface area contributed by atoms with Crippen LogP contribution in [0.2, 0.25) is 0 Å². The smallest absolute Gasteiger partial charge is 0.229 e. The summed E-state index contributed by atoms with van der Waals surface area (Å²) < 4.78 is 19.5. The first-order valence-electron chi connectivity index (χ1n) is 13.3. The third-order valence-corrected chi connectivity index (χ3v) is 8.97. The van der Waals surface area contributed by atoms with Crippen LogP contribution >= 0.6 is 0 Å². The summed E-state index contributed by atoms with van der Waals surface area (Å²) in [4.78, 5) is 18.8. The molecule has 0 aromatic rings. The molecule has 0 aromatic carbocycles. The minimum absolute atomic E-state index is 0.0349. The summed E-state index contributed by atoms with van der Waals surface area (Å²) in [5.41, 5.74) is 9.41. The van der Waals surface area contributed by atoms with E-state index in [1.165, 1.54) is 12.8 Å². The van der Waals surface area contributed by atoms with E-state index in [4.69, 9.17) is 10.5 Å². The van der Waals surface area contributed by atoms with Gasteiger partial charge in [0.25, 0.3) is 0 Å². The molecule has 6 aliphatic rings. The van der Waals surface area contributed by atoms with Crippen LogP contribution in [0.15, 0.2) is 0 Å². The normalized spacial score (nSPS) is 44.8. The predicted molar refractivity (Wildman–Crippen MR) is 125 cm³/mol. The third-order valence-electron chi connectivity index (χ3n) is 8.97. The molecular formula is C23H41FN8O2. The Kier molecular flexibility index (Phi) is 6.80. The van der Waals surface area contributed by atoms with Crippen LogP contribution in [0.5, 0.6) is 0 Å². The van der Waals surface area contributed by atoms with Gasteiger partial charge in [-0.1, -0.05) is 0 Å². The SMILES string of the molecule is NC1NN2CC(F)CNC2C1C(=O)NC1CNCC(C2CC2)C1N1CCN([C@@H]2CCOC2)CC1. The van der Waals surface area contributed by atoms with Crippen LogP contribution in [-0.4, -0.2) is 123 Å². The molecule has 11 heteroatoms. The summed E-state index contributed by atoms with van der Waals surface area (Å²) in [7, 11) is 0. The Hall–Kier alpha value is -0.920. The van der Waals surface area contributed by atoms with E-state index >= 15 is 0 Å². The van der Waals surface area contributed by atoms with Gasteiger partial charge in [0.2, 0.25) is 5.91 Å². The highest BCUT2D eigenvalue weighted by Crippen LogP contribution is 2.41. The molecule has 1 amide bonds. The molecular weight excluding hydrogens is 439 g/mol. The van der Waals surface area contributed by atoms with Gasteiger partial charge in [-0.2, -0.15) is 0 Å². The predicted octanol–water partition coefficient (Wildman–Crippen LogP) is -2.14. The molecule has 0 spiro atoms. The molecule has 192 valence electrons. The number of carbonyl (C=O) groups excluding carboxylic acids is 1. The molecule has 7 unspecified atom stereocenters. The number of piperidine rings is 1. The first-order chi connectivity index (χ1) is 16.6. The van der Waals surface area contributed by atoms with Gasteiger partial charge >= 0.3 is 0 Å². The zero-order valence-corrected chi connectivity index (χ0v) is 20.0. The van der Waals surface area contributed by atoms with Crippen molar-refractivity contribution >= 4 is 5.91 Å². The van der Waals surface area contributed by atoms with Crippen molar-refractivity contribution in [2.75, 3.05) is 65.6 Å². The van der Waals surface area contributed by atoms with Gasteiger partial charge in [-0.15, -0.1) is 0 Å². The molecule has 1 saturated carbocycles. The highest BCUT2D eigenvalue weighted by Gasteiger charge is 2.50. The fraction of sp³-hybridized carbons (Fsp3) is 0.957. The summed E-state index contributed by atoms with van der Waals surface area (Å²) in [5.74, 6) is 0.833. The van der Waals surface area contributed by atoms with Gasteiger partial charge in [0.1, 0.15) is 6.17 Å². The van der Waals surface area contributed by atoms with Gasteiger partial charge in [-0.3, -0.25) is 19.9 Å². The minimum atomic E-state index is -0.960. The van der Waals surface area contributed by atoms with E-state index in [9.17, 15) is 9.18 Å². The Morgan fingerprint density at radius 2 is 1.85 bits per heavy atom. The van der Waals surface area contributed by atoms with Crippen molar-refractivity contribution in [3.63, 3.8) is 0 Å². The van der Waals surface area contributed by atoms with E-state index in [2.05, 4.69) is 31.2 Å². The molecule has 5 heterocycles. The van der Waals surface area contributed by atoms with Crippen LogP contribution in [0, 0.1) is 17.8 Å². The van der Waals surface area contributed by atoms with Gasteiger partial charge in [-0.05, 0) is 37.6 Å². The number of carbonyl (C=O) groups is 1. The average Bonchev–Trinajstić information content (AvgIpc) is 3.42. The summed E-state index contributed by atoms with van der Waals surface area (Å²) in [6.07, 6.45) is 1.99.